The van der Waals surface area contributed by atoms with E-state index >= 15 is 0 Å². The maximum atomic E-state index is 14.3. The number of fused-ring (bicyclic) bond motifs is 2. The highest BCUT2D eigenvalue weighted by molar-refractivity contribution is 5.93. The van der Waals surface area contributed by atoms with Crippen LogP contribution in [0.3, 0.4) is 0 Å². The van der Waals surface area contributed by atoms with Gasteiger partial charge in [0.05, 0.1) is 53.7 Å². The predicted octanol–water partition coefficient (Wildman–Crippen LogP) is 6.53. The van der Waals surface area contributed by atoms with E-state index in [4.69, 9.17) is 9.68 Å². The summed E-state index contributed by atoms with van der Waals surface area (Å²) in [6.07, 6.45) is 0. The summed E-state index contributed by atoms with van der Waals surface area (Å²) in [5.74, 6) is 0. The molecule has 5 aromatic carbocycles. The monoisotopic (exact) mass is 627 g/mol. The highest BCUT2D eigenvalue weighted by Gasteiger charge is 2.29. The SMILES string of the molecule is CC.CO[NH2+]c1cc(N(O)OC)c(N2C#CN(c3ccccc3)c3ccccc32)cc1-n1c(=O)n(-c2ccccc2)c2ccccc21. The number of para-hydroxylation sites is 6. The average Bonchev–Trinajstić information content (AvgIpc) is 3.43. The molecular formula is C37H35N6O4+. The van der Waals surface area contributed by atoms with Crippen molar-refractivity contribution in [3.05, 3.63) is 132 Å². The third-order valence-corrected chi connectivity index (χ3v) is 7.64. The Hall–Kier alpha value is -5.83. The summed E-state index contributed by atoms with van der Waals surface area (Å²) in [6, 6.07) is 44.9. The van der Waals surface area contributed by atoms with Crippen molar-refractivity contribution >= 4 is 45.2 Å². The number of imidazole rings is 1. The topological polar surface area (TPSA) is 92.0 Å². The van der Waals surface area contributed by atoms with Crippen molar-refractivity contribution in [2.24, 2.45) is 0 Å². The molecule has 6 aromatic rings. The van der Waals surface area contributed by atoms with E-state index in [0.29, 0.717) is 33.5 Å². The minimum Gasteiger partial charge on any atom is -0.266 e. The Kier molecular flexibility index (Phi) is 9.06. The standard InChI is InChI=1S/C35H28N6O4.C2H6/c1-44-36-27-23-34(41(43)45-2)33(38-22-21-37(25-13-5-3-6-14-25)28-17-9-10-18-29(28)38)24-32(27)40-31-20-12-11-19-30(31)39(35(40)42)26-15-7-4-8-16-26;1-2/h3-20,23-24,36,43H,1-2H3;1-2H3/p+1. The summed E-state index contributed by atoms with van der Waals surface area (Å²) in [6.45, 7) is 4.00. The summed E-state index contributed by atoms with van der Waals surface area (Å²) in [7, 11) is 2.90. The molecule has 2 heterocycles. The Bertz CT molecular complexity index is 2130. The van der Waals surface area contributed by atoms with E-state index in [-0.39, 0.29) is 5.69 Å². The van der Waals surface area contributed by atoms with Gasteiger partial charge in [0.25, 0.3) is 0 Å². The number of hydrogen-bond donors (Lipinski definition) is 2. The van der Waals surface area contributed by atoms with E-state index in [9.17, 15) is 10.0 Å². The predicted molar refractivity (Wildman–Crippen MR) is 185 cm³/mol. The van der Waals surface area contributed by atoms with Crippen molar-refractivity contribution in [3.8, 4) is 23.5 Å². The van der Waals surface area contributed by atoms with Gasteiger partial charge in [-0.1, -0.05) is 74.5 Å². The van der Waals surface area contributed by atoms with Crippen molar-refractivity contribution in [2.45, 2.75) is 13.8 Å². The van der Waals surface area contributed by atoms with Crippen LogP contribution in [-0.4, -0.2) is 28.6 Å². The van der Waals surface area contributed by atoms with Crippen LogP contribution in [0.5, 0.6) is 0 Å². The molecule has 236 valence electrons. The van der Waals surface area contributed by atoms with Crippen LogP contribution in [0.4, 0.5) is 34.1 Å². The van der Waals surface area contributed by atoms with E-state index in [0.717, 1.165) is 28.3 Å². The summed E-state index contributed by atoms with van der Waals surface area (Å²) in [5, 5.41) is 11.6. The van der Waals surface area contributed by atoms with Gasteiger partial charge < -0.3 is 0 Å². The Morgan fingerprint density at radius 1 is 0.638 bits per heavy atom. The van der Waals surface area contributed by atoms with Crippen LogP contribution in [0.2, 0.25) is 0 Å². The summed E-state index contributed by atoms with van der Waals surface area (Å²) >= 11 is 0. The molecule has 1 aromatic heterocycles. The first kappa shape index (κ1) is 31.2. The molecule has 0 unspecified atom stereocenters. The van der Waals surface area contributed by atoms with Gasteiger partial charge in [-0.05, 0) is 54.6 Å². The molecule has 10 heteroatoms. The molecule has 0 radical (unpaired) electrons. The van der Waals surface area contributed by atoms with Crippen molar-refractivity contribution in [2.75, 3.05) is 29.2 Å². The number of nitrogens with two attached hydrogens (primary N) is 1. The summed E-state index contributed by atoms with van der Waals surface area (Å²) < 4.78 is 3.33. The molecule has 1 aliphatic rings. The number of nitrogens with zero attached hydrogens (tertiary/aromatic N) is 5. The third kappa shape index (κ3) is 5.61. The second kappa shape index (κ2) is 13.7. The molecular weight excluding hydrogens is 592 g/mol. The van der Waals surface area contributed by atoms with Crippen LogP contribution in [0.25, 0.3) is 22.4 Å². The van der Waals surface area contributed by atoms with Gasteiger partial charge in [0.1, 0.15) is 11.4 Å². The number of anilines is 5. The van der Waals surface area contributed by atoms with E-state index < -0.39 is 0 Å². The van der Waals surface area contributed by atoms with E-state index in [1.165, 1.54) is 19.7 Å². The van der Waals surface area contributed by atoms with Gasteiger partial charge in [-0.15, -0.1) is 5.23 Å². The highest BCUT2D eigenvalue weighted by atomic mass is 16.9. The van der Waals surface area contributed by atoms with E-state index in [2.05, 4.69) is 12.1 Å². The number of quaternary nitrogens is 1. The Balaban J connectivity index is 0.00000190. The maximum absolute atomic E-state index is 14.3. The lowest BCUT2D eigenvalue weighted by Gasteiger charge is -2.31. The molecule has 0 saturated carbocycles. The first-order valence-electron chi connectivity index (χ1n) is 15.2. The van der Waals surface area contributed by atoms with Gasteiger partial charge in [-0.25, -0.2) is 9.63 Å². The fourth-order valence-electron chi connectivity index (χ4n) is 5.67. The van der Waals surface area contributed by atoms with Gasteiger partial charge >= 0.3 is 5.69 Å². The van der Waals surface area contributed by atoms with Crippen molar-refractivity contribution in [1.29, 1.82) is 0 Å². The van der Waals surface area contributed by atoms with E-state index in [1.807, 2.05) is 134 Å². The zero-order valence-electron chi connectivity index (χ0n) is 26.5. The normalized spacial score (nSPS) is 11.8. The zero-order valence-corrected chi connectivity index (χ0v) is 26.5. The number of hydrogen-bond acceptors (Lipinski definition) is 7. The Morgan fingerprint density at radius 2 is 1.17 bits per heavy atom. The summed E-state index contributed by atoms with van der Waals surface area (Å²) in [4.78, 5) is 28.8. The first-order valence-corrected chi connectivity index (χ1v) is 15.2. The van der Waals surface area contributed by atoms with Crippen molar-refractivity contribution in [1.82, 2.24) is 9.13 Å². The highest BCUT2D eigenvalue weighted by Crippen LogP contribution is 2.44. The molecule has 0 aliphatic carbocycles. The van der Waals surface area contributed by atoms with Gasteiger partial charge in [0.2, 0.25) is 0 Å². The van der Waals surface area contributed by atoms with Crippen molar-refractivity contribution < 1.29 is 20.4 Å². The Morgan fingerprint density at radius 3 is 1.79 bits per heavy atom. The fourth-order valence-corrected chi connectivity index (χ4v) is 5.67. The minimum atomic E-state index is -0.264. The lowest BCUT2D eigenvalue weighted by atomic mass is 10.1. The molecule has 0 fully saturated rings. The summed E-state index contributed by atoms with van der Waals surface area (Å²) in [5.41, 5.74) is 7.83. The zero-order chi connectivity index (χ0) is 32.9. The minimum absolute atomic E-state index is 0.264. The molecule has 0 bridgehead atoms. The number of aromatic nitrogens is 2. The van der Waals surface area contributed by atoms with Crippen LogP contribution in [0.1, 0.15) is 13.8 Å². The second-order valence-electron chi connectivity index (χ2n) is 10.2. The molecule has 7 rings (SSSR count). The van der Waals surface area contributed by atoms with Gasteiger partial charge in [0.15, 0.2) is 5.69 Å². The average molecular weight is 628 g/mol. The van der Waals surface area contributed by atoms with Crippen LogP contribution in [0.15, 0.2) is 126 Å². The molecule has 0 spiro atoms. The van der Waals surface area contributed by atoms with E-state index in [1.54, 1.807) is 20.1 Å². The molecule has 0 atom stereocenters. The van der Waals surface area contributed by atoms with Crippen LogP contribution in [0, 0.1) is 12.1 Å². The molecule has 0 amide bonds. The smallest absolute Gasteiger partial charge is 0.266 e. The fraction of sp³-hybridized carbons (Fsp3) is 0.108. The van der Waals surface area contributed by atoms with Gasteiger partial charge in [-0.3, -0.25) is 29.0 Å². The largest absolute Gasteiger partial charge is 0.338 e. The van der Waals surface area contributed by atoms with Gasteiger partial charge in [-0.2, -0.15) is 5.48 Å². The number of rotatable bonds is 8. The Labute approximate surface area is 272 Å². The molecule has 1 aliphatic heterocycles. The van der Waals surface area contributed by atoms with Crippen LogP contribution >= 0.6 is 0 Å². The lowest BCUT2D eigenvalue weighted by molar-refractivity contribution is -0.830. The molecule has 0 saturated heterocycles. The molecule has 3 N–H and O–H groups in total. The molecule has 47 heavy (non-hydrogen) atoms. The number of benzene rings is 5. The maximum Gasteiger partial charge on any atom is 0.338 e. The quantitative estimate of drug-likeness (QED) is 0.113. The first-order chi connectivity index (χ1) is 23.1. The molecule has 10 nitrogen and oxygen atoms in total. The van der Waals surface area contributed by atoms with Crippen LogP contribution < -0.4 is 26.2 Å². The van der Waals surface area contributed by atoms with Gasteiger partial charge in [0, 0.05) is 18.2 Å². The van der Waals surface area contributed by atoms with Crippen molar-refractivity contribution in [3.63, 3.8) is 0 Å². The van der Waals surface area contributed by atoms with Crippen LogP contribution in [-0.2, 0) is 9.68 Å². The third-order valence-electron chi connectivity index (χ3n) is 7.64. The lowest BCUT2D eigenvalue weighted by Crippen LogP contribution is -2.76. The second-order valence-corrected chi connectivity index (χ2v) is 10.2.